The lowest BCUT2D eigenvalue weighted by Crippen LogP contribution is -2.42. The molecule has 0 spiro atoms. The highest BCUT2D eigenvalue weighted by atomic mass is 16.1. The molecule has 0 aromatic rings. The van der Waals surface area contributed by atoms with Crippen LogP contribution in [0.2, 0.25) is 0 Å². The maximum atomic E-state index is 10.7. The number of hydrogen-bond donors (Lipinski definition) is 2. The van der Waals surface area contributed by atoms with Crippen LogP contribution in [0.3, 0.4) is 0 Å². The highest BCUT2D eigenvalue weighted by molar-refractivity contribution is 5.74. The van der Waals surface area contributed by atoms with Crippen LogP contribution < -0.4 is 11.1 Å². The van der Waals surface area contributed by atoms with E-state index in [1.165, 1.54) is 5.57 Å². The molecule has 0 saturated heterocycles. The van der Waals surface area contributed by atoms with Crippen LogP contribution in [-0.2, 0) is 4.79 Å². The Morgan fingerprint density at radius 2 is 2.00 bits per heavy atom. The monoisotopic (exact) mass is 184 g/mol. The molecule has 0 heterocycles. The maximum absolute atomic E-state index is 10.7. The number of hydrogen-bond acceptors (Lipinski definition) is 2. The summed E-state index contributed by atoms with van der Waals surface area (Å²) in [5, 5.41) is 3.24. The van der Waals surface area contributed by atoms with Gasteiger partial charge in [0, 0.05) is 18.5 Å². The van der Waals surface area contributed by atoms with Crippen molar-refractivity contribution in [3.8, 4) is 0 Å². The molecule has 0 aliphatic heterocycles. The molecule has 0 unspecified atom stereocenters. The van der Waals surface area contributed by atoms with E-state index in [1.807, 2.05) is 27.7 Å². The van der Waals surface area contributed by atoms with Gasteiger partial charge in [-0.1, -0.05) is 11.6 Å². The lowest BCUT2D eigenvalue weighted by molar-refractivity contribution is -0.119. The standard InChI is InChI=1S/C10H20N2O/c1-8(2)5-6-12-10(3,4)7-9(11)13/h5,12H,6-7H2,1-4H3,(H2,11,13). The first-order valence-electron chi connectivity index (χ1n) is 4.50. The molecular formula is C10H20N2O. The summed E-state index contributed by atoms with van der Waals surface area (Å²) in [4.78, 5) is 10.7. The predicted molar refractivity (Wildman–Crippen MR) is 55.3 cm³/mol. The Morgan fingerprint density at radius 1 is 1.46 bits per heavy atom. The van der Waals surface area contributed by atoms with Gasteiger partial charge in [-0.2, -0.15) is 0 Å². The van der Waals surface area contributed by atoms with Gasteiger partial charge < -0.3 is 11.1 Å². The van der Waals surface area contributed by atoms with E-state index < -0.39 is 0 Å². The van der Waals surface area contributed by atoms with E-state index in [-0.39, 0.29) is 11.4 Å². The molecule has 0 aromatic carbocycles. The number of carbonyl (C=O) groups excluding carboxylic acids is 1. The third-order valence-corrected chi connectivity index (χ3v) is 1.71. The molecule has 0 radical (unpaired) electrons. The number of amides is 1. The van der Waals surface area contributed by atoms with Gasteiger partial charge in [0.15, 0.2) is 0 Å². The van der Waals surface area contributed by atoms with Gasteiger partial charge in [-0.05, 0) is 27.7 Å². The number of rotatable bonds is 5. The van der Waals surface area contributed by atoms with E-state index in [4.69, 9.17) is 5.73 Å². The first kappa shape index (κ1) is 12.2. The molecule has 0 saturated carbocycles. The minimum atomic E-state index is -0.269. The third kappa shape index (κ3) is 7.53. The molecule has 3 nitrogen and oxygen atoms in total. The summed E-state index contributed by atoms with van der Waals surface area (Å²) in [6, 6.07) is 0. The predicted octanol–water partition coefficient (Wildman–Crippen LogP) is 1.20. The van der Waals surface area contributed by atoms with Crippen LogP contribution in [0.25, 0.3) is 0 Å². The van der Waals surface area contributed by atoms with E-state index in [0.29, 0.717) is 6.42 Å². The fourth-order valence-corrected chi connectivity index (χ4v) is 1.03. The fourth-order valence-electron chi connectivity index (χ4n) is 1.03. The van der Waals surface area contributed by atoms with Gasteiger partial charge in [0.1, 0.15) is 0 Å². The average Bonchev–Trinajstić information content (AvgIpc) is 1.81. The van der Waals surface area contributed by atoms with E-state index in [0.717, 1.165) is 6.54 Å². The molecule has 0 bridgehead atoms. The largest absolute Gasteiger partial charge is 0.370 e. The minimum absolute atomic E-state index is 0.211. The van der Waals surface area contributed by atoms with Gasteiger partial charge in [0.2, 0.25) is 5.91 Å². The molecule has 76 valence electrons. The van der Waals surface area contributed by atoms with Crippen LogP contribution in [0, 0.1) is 0 Å². The van der Waals surface area contributed by atoms with Crippen LogP contribution in [0.4, 0.5) is 0 Å². The van der Waals surface area contributed by atoms with Crippen LogP contribution in [0.15, 0.2) is 11.6 Å². The van der Waals surface area contributed by atoms with Crippen LogP contribution >= 0.6 is 0 Å². The normalized spacial score (nSPS) is 11.1. The number of primary amides is 1. The quantitative estimate of drug-likeness (QED) is 0.631. The average molecular weight is 184 g/mol. The second-order valence-corrected chi connectivity index (χ2v) is 4.19. The van der Waals surface area contributed by atoms with Crippen molar-refractivity contribution in [2.24, 2.45) is 5.73 Å². The number of carbonyl (C=O) groups is 1. The Hall–Kier alpha value is -0.830. The summed E-state index contributed by atoms with van der Waals surface area (Å²) in [5.74, 6) is -0.269. The summed E-state index contributed by atoms with van der Waals surface area (Å²) in [6.45, 7) is 8.81. The Bertz CT molecular complexity index is 203. The number of nitrogens with one attached hydrogen (secondary N) is 1. The zero-order valence-electron chi connectivity index (χ0n) is 8.98. The molecular weight excluding hydrogens is 164 g/mol. The highest BCUT2D eigenvalue weighted by Crippen LogP contribution is 2.06. The van der Waals surface area contributed by atoms with Crippen LogP contribution in [0.1, 0.15) is 34.1 Å². The molecule has 0 aliphatic carbocycles. The highest BCUT2D eigenvalue weighted by Gasteiger charge is 2.18. The van der Waals surface area contributed by atoms with Crippen molar-refractivity contribution in [3.63, 3.8) is 0 Å². The van der Waals surface area contributed by atoms with Crippen LogP contribution in [0.5, 0.6) is 0 Å². The zero-order chi connectivity index (χ0) is 10.5. The Morgan fingerprint density at radius 3 is 2.38 bits per heavy atom. The zero-order valence-corrected chi connectivity index (χ0v) is 8.98. The Kier molecular flexibility index (Phi) is 4.70. The Balaban J connectivity index is 3.89. The van der Waals surface area contributed by atoms with Crippen molar-refractivity contribution >= 4 is 5.91 Å². The first-order chi connectivity index (χ1) is 5.83. The van der Waals surface area contributed by atoms with Crippen LogP contribution in [-0.4, -0.2) is 18.0 Å². The van der Waals surface area contributed by atoms with Crippen molar-refractivity contribution in [3.05, 3.63) is 11.6 Å². The van der Waals surface area contributed by atoms with Gasteiger partial charge in [-0.25, -0.2) is 0 Å². The second kappa shape index (κ2) is 5.02. The smallest absolute Gasteiger partial charge is 0.219 e. The minimum Gasteiger partial charge on any atom is -0.370 e. The van der Waals surface area contributed by atoms with Gasteiger partial charge >= 0.3 is 0 Å². The fraction of sp³-hybridized carbons (Fsp3) is 0.700. The summed E-state index contributed by atoms with van der Waals surface area (Å²) < 4.78 is 0. The maximum Gasteiger partial charge on any atom is 0.219 e. The van der Waals surface area contributed by atoms with Gasteiger partial charge in [0.05, 0.1) is 0 Å². The molecule has 3 heteroatoms. The van der Waals surface area contributed by atoms with Gasteiger partial charge in [-0.15, -0.1) is 0 Å². The van der Waals surface area contributed by atoms with Crippen molar-refractivity contribution in [2.45, 2.75) is 39.7 Å². The molecule has 13 heavy (non-hydrogen) atoms. The molecule has 3 N–H and O–H groups in total. The van der Waals surface area contributed by atoms with Gasteiger partial charge in [0.25, 0.3) is 0 Å². The molecule has 0 aliphatic rings. The lowest BCUT2D eigenvalue weighted by Gasteiger charge is -2.23. The SMILES string of the molecule is CC(C)=CCNC(C)(C)CC(N)=O. The van der Waals surface area contributed by atoms with Crippen molar-refractivity contribution in [1.82, 2.24) is 5.32 Å². The third-order valence-electron chi connectivity index (χ3n) is 1.71. The van der Waals surface area contributed by atoms with E-state index >= 15 is 0 Å². The molecule has 0 fully saturated rings. The lowest BCUT2D eigenvalue weighted by atomic mass is 10.0. The summed E-state index contributed by atoms with van der Waals surface area (Å²) in [6.07, 6.45) is 2.45. The topological polar surface area (TPSA) is 55.1 Å². The summed E-state index contributed by atoms with van der Waals surface area (Å²) in [7, 11) is 0. The van der Waals surface area contributed by atoms with E-state index in [9.17, 15) is 4.79 Å². The Labute approximate surface area is 80.4 Å². The first-order valence-corrected chi connectivity index (χ1v) is 4.50. The summed E-state index contributed by atoms with van der Waals surface area (Å²) in [5.41, 5.74) is 6.17. The van der Waals surface area contributed by atoms with E-state index in [2.05, 4.69) is 11.4 Å². The molecule has 0 aromatic heterocycles. The van der Waals surface area contributed by atoms with Crippen molar-refractivity contribution in [1.29, 1.82) is 0 Å². The van der Waals surface area contributed by atoms with E-state index in [1.54, 1.807) is 0 Å². The second-order valence-electron chi connectivity index (χ2n) is 4.19. The molecule has 1 amide bonds. The number of allylic oxidation sites excluding steroid dienone is 1. The summed E-state index contributed by atoms with van der Waals surface area (Å²) >= 11 is 0. The molecule has 0 atom stereocenters. The molecule has 0 rings (SSSR count). The van der Waals surface area contributed by atoms with Crippen molar-refractivity contribution < 1.29 is 4.79 Å². The van der Waals surface area contributed by atoms with Gasteiger partial charge in [-0.3, -0.25) is 4.79 Å². The number of nitrogens with two attached hydrogens (primary N) is 1. The van der Waals surface area contributed by atoms with Crippen molar-refractivity contribution in [2.75, 3.05) is 6.54 Å².